The van der Waals surface area contributed by atoms with Gasteiger partial charge in [0.2, 0.25) is 11.8 Å². The van der Waals surface area contributed by atoms with Gasteiger partial charge in [0.25, 0.3) is 0 Å². The van der Waals surface area contributed by atoms with Gasteiger partial charge in [-0.3, -0.25) is 4.79 Å². The lowest BCUT2D eigenvalue weighted by molar-refractivity contribution is -0.116. The number of rotatable bonds is 9. The lowest BCUT2D eigenvalue weighted by Crippen LogP contribution is -2.12. The van der Waals surface area contributed by atoms with Gasteiger partial charge in [-0.15, -0.1) is 0 Å². The Morgan fingerprint density at radius 2 is 1.49 bits per heavy atom. The number of methoxy groups -OCH3 is 1. The zero-order chi connectivity index (χ0) is 24.8. The summed E-state index contributed by atoms with van der Waals surface area (Å²) in [5.74, 6) is 2.07. The number of aromatic nitrogens is 2. The number of hydrogen-bond acceptors (Lipinski definition) is 4. The second-order valence-corrected chi connectivity index (χ2v) is 8.52. The summed E-state index contributed by atoms with van der Waals surface area (Å²) in [5.41, 5.74) is 5.80. The normalized spacial score (nSPS) is 10.7. The van der Waals surface area contributed by atoms with Crippen molar-refractivity contribution in [2.45, 2.75) is 40.0 Å². The van der Waals surface area contributed by atoms with E-state index in [9.17, 15) is 4.79 Å². The first kappa shape index (κ1) is 24.1. The van der Waals surface area contributed by atoms with Crippen LogP contribution in [0.25, 0.3) is 5.69 Å². The predicted octanol–water partition coefficient (Wildman–Crippen LogP) is 6.42. The van der Waals surface area contributed by atoms with E-state index in [1.807, 2.05) is 91.3 Å². The molecule has 0 bridgehead atoms. The average molecular weight is 470 g/mol. The van der Waals surface area contributed by atoms with Gasteiger partial charge in [-0.25, -0.2) is 4.68 Å². The molecule has 0 radical (unpaired) electrons. The van der Waals surface area contributed by atoms with Crippen molar-refractivity contribution in [2.24, 2.45) is 0 Å². The highest BCUT2D eigenvalue weighted by atomic mass is 16.5. The van der Waals surface area contributed by atoms with Crippen LogP contribution < -0.4 is 14.8 Å². The smallest absolute Gasteiger partial charge is 0.226 e. The van der Waals surface area contributed by atoms with Crippen molar-refractivity contribution in [3.63, 3.8) is 0 Å². The summed E-state index contributed by atoms with van der Waals surface area (Å²) >= 11 is 0. The molecule has 1 amide bonds. The molecule has 0 saturated heterocycles. The third kappa shape index (κ3) is 5.90. The molecule has 0 aliphatic rings. The molecule has 0 atom stereocenters. The van der Waals surface area contributed by atoms with Gasteiger partial charge in [0.15, 0.2) is 0 Å². The summed E-state index contributed by atoms with van der Waals surface area (Å²) in [4.78, 5) is 12.7. The minimum absolute atomic E-state index is 0.0469. The molecule has 0 saturated carbocycles. The van der Waals surface area contributed by atoms with Crippen molar-refractivity contribution in [1.82, 2.24) is 9.78 Å². The van der Waals surface area contributed by atoms with Crippen molar-refractivity contribution in [3.05, 3.63) is 95.2 Å². The first-order valence-electron chi connectivity index (χ1n) is 11.8. The number of amides is 1. The average Bonchev–Trinajstić information content (AvgIpc) is 3.22. The molecule has 35 heavy (non-hydrogen) atoms. The maximum Gasteiger partial charge on any atom is 0.226 e. The van der Waals surface area contributed by atoms with Gasteiger partial charge in [-0.2, -0.15) is 5.10 Å². The molecule has 4 rings (SSSR count). The molecule has 1 heterocycles. The molecule has 0 spiro atoms. The van der Waals surface area contributed by atoms with Crippen LogP contribution in [-0.4, -0.2) is 22.8 Å². The summed E-state index contributed by atoms with van der Waals surface area (Å²) in [6, 6.07) is 23.4. The Hall–Kier alpha value is -4.06. The summed E-state index contributed by atoms with van der Waals surface area (Å²) in [7, 11) is 1.64. The number of ether oxygens (including phenoxy) is 2. The number of carbonyl (C=O) groups is 1. The maximum atomic E-state index is 12.7. The second-order valence-electron chi connectivity index (χ2n) is 8.52. The molecule has 180 valence electrons. The van der Waals surface area contributed by atoms with Crippen molar-refractivity contribution < 1.29 is 14.3 Å². The zero-order valence-electron chi connectivity index (χ0n) is 20.7. The fourth-order valence-corrected chi connectivity index (χ4v) is 3.83. The summed E-state index contributed by atoms with van der Waals surface area (Å²) in [6.07, 6.45) is 1.56. The standard InChI is InChI=1S/C29H31N3O3/c1-5-27-26(18-19-28(33)30-22-10-6-20(2)7-11-22)29(35-25-14-8-21(3)9-15-25)32(31-27)23-12-16-24(34-4)17-13-23/h6-17H,5,18-19H2,1-4H3,(H,30,33). The molecule has 0 fully saturated rings. The van der Waals surface area contributed by atoms with Gasteiger partial charge >= 0.3 is 0 Å². The van der Waals surface area contributed by atoms with Crippen LogP contribution >= 0.6 is 0 Å². The van der Waals surface area contributed by atoms with E-state index in [1.54, 1.807) is 7.11 Å². The number of hydrogen-bond donors (Lipinski definition) is 1. The quantitative estimate of drug-likeness (QED) is 0.307. The van der Waals surface area contributed by atoms with Gasteiger partial charge in [-0.05, 0) is 75.2 Å². The van der Waals surface area contributed by atoms with Crippen LogP contribution in [0.15, 0.2) is 72.8 Å². The minimum Gasteiger partial charge on any atom is -0.497 e. The first-order valence-corrected chi connectivity index (χ1v) is 11.8. The molecule has 6 heteroatoms. The molecule has 0 aliphatic carbocycles. The van der Waals surface area contributed by atoms with Gasteiger partial charge in [0.1, 0.15) is 11.5 Å². The van der Waals surface area contributed by atoms with Crippen LogP contribution in [0.1, 0.15) is 35.7 Å². The highest BCUT2D eigenvalue weighted by molar-refractivity contribution is 5.90. The number of benzene rings is 3. The summed E-state index contributed by atoms with van der Waals surface area (Å²) in [5, 5.41) is 7.84. The Morgan fingerprint density at radius 1 is 0.886 bits per heavy atom. The van der Waals surface area contributed by atoms with Gasteiger partial charge in [0.05, 0.1) is 18.5 Å². The van der Waals surface area contributed by atoms with E-state index >= 15 is 0 Å². The number of nitrogens with zero attached hydrogens (tertiary/aromatic N) is 2. The molecule has 3 aromatic carbocycles. The first-order chi connectivity index (χ1) is 17.0. The van der Waals surface area contributed by atoms with Crippen molar-refractivity contribution >= 4 is 11.6 Å². The van der Waals surface area contributed by atoms with Crippen LogP contribution in [-0.2, 0) is 17.6 Å². The van der Waals surface area contributed by atoms with E-state index < -0.39 is 0 Å². The Kier molecular flexibility index (Phi) is 7.51. The third-order valence-electron chi connectivity index (χ3n) is 5.84. The second kappa shape index (κ2) is 10.9. The molecular formula is C29H31N3O3. The molecule has 0 aliphatic heterocycles. The van der Waals surface area contributed by atoms with Crippen LogP contribution in [0, 0.1) is 13.8 Å². The molecule has 1 aromatic heterocycles. The monoisotopic (exact) mass is 469 g/mol. The van der Waals surface area contributed by atoms with Crippen LogP contribution in [0.3, 0.4) is 0 Å². The van der Waals surface area contributed by atoms with Crippen LogP contribution in [0.5, 0.6) is 17.4 Å². The van der Waals surface area contributed by atoms with Crippen molar-refractivity contribution in [2.75, 3.05) is 12.4 Å². The van der Waals surface area contributed by atoms with Gasteiger partial charge in [-0.1, -0.05) is 42.3 Å². The van der Waals surface area contributed by atoms with Crippen LogP contribution in [0.4, 0.5) is 5.69 Å². The molecular weight excluding hydrogens is 438 g/mol. The Bertz CT molecular complexity index is 1270. The Morgan fingerprint density at radius 3 is 2.09 bits per heavy atom. The molecule has 4 aromatic rings. The topological polar surface area (TPSA) is 65.4 Å². The SMILES string of the molecule is CCc1nn(-c2ccc(OC)cc2)c(Oc2ccc(C)cc2)c1CCC(=O)Nc1ccc(C)cc1. The molecule has 6 nitrogen and oxygen atoms in total. The van der Waals surface area contributed by atoms with Gasteiger partial charge < -0.3 is 14.8 Å². The Balaban J connectivity index is 1.64. The van der Waals surface area contributed by atoms with Gasteiger partial charge in [0, 0.05) is 17.7 Å². The fourth-order valence-electron chi connectivity index (χ4n) is 3.83. The lowest BCUT2D eigenvalue weighted by Gasteiger charge is -2.12. The fraction of sp³-hybridized carbons (Fsp3) is 0.241. The highest BCUT2D eigenvalue weighted by Gasteiger charge is 2.21. The maximum absolute atomic E-state index is 12.7. The third-order valence-corrected chi connectivity index (χ3v) is 5.84. The molecule has 0 unspecified atom stereocenters. The molecule has 1 N–H and O–H groups in total. The Labute approximate surface area is 206 Å². The van der Waals surface area contributed by atoms with E-state index in [0.717, 1.165) is 51.7 Å². The lowest BCUT2D eigenvalue weighted by atomic mass is 10.1. The zero-order valence-corrected chi connectivity index (χ0v) is 20.7. The van der Waals surface area contributed by atoms with E-state index in [0.29, 0.717) is 18.7 Å². The summed E-state index contributed by atoms with van der Waals surface area (Å²) in [6.45, 7) is 6.12. The number of aryl methyl sites for hydroxylation is 3. The number of anilines is 1. The summed E-state index contributed by atoms with van der Waals surface area (Å²) < 4.78 is 13.5. The number of carbonyl (C=O) groups excluding carboxylic acids is 1. The van der Waals surface area contributed by atoms with Crippen LogP contribution in [0.2, 0.25) is 0 Å². The van der Waals surface area contributed by atoms with E-state index in [1.165, 1.54) is 0 Å². The highest BCUT2D eigenvalue weighted by Crippen LogP contribution is 2.33. The largest absolute Gasteiger partial charge is 0.497 e. The van der Waals surface area contributed by atoms with Crippen molar-refractivity contribution in [3.8, 4) is 23.1 Å². The van der Waals surface area contributed by atoms with E-state index in [4.69, 9.17) is 14.6 Å². The van der Waals surface area contributed by atoms with Crippen molar-refractivity contribution in [1.29, 1.82) is 0 Å². The van der Waals surface area contributed by atoms with E-state index in [-0.39, 0.29) is 5.91 Å². The predicted molar refractivity (Wildman–Crippen MR) is 139 cm³/mol. The minimum atomic E-state index is -0.0469. The van der Waals surface area contributed by atoms with E-state index in [2.05, 4.69) is 12.2 Å². The number of nitrogens with one attached hydrogen (secondary N) is 1.